The lowest BCUT2D eigenvalue weighted by Crippen LogP contribution is -2.27. The quantitative estimate of drug-likeness (QED) is 0.351. The molecule has 3 aromatic rings. The van der Waals surface area contributed by atoms with Crippen molar-refractivity contribution < 1.29 is 19.1 Å². The summed E-state index contributed by atoms with van der Waals surface area (Å²) in [6, 6.07) is 18.8. The van der Waals surface area contributed by atoms with Crippen molar-refractivity contribution in [3.63, 3.8) is 0 Å². The Kier molecular flexibility index (Phi) is 7.31. The zero-order valence-corrected chi connectivity index (χ0v) is 19.0. The normalized spacial score (nSPS) is 11.5. The van der Waals surface area contributed by atoms with Crippen molar-refractivity contribution in [3.8, 4) is 5.75 Å². The van der Waals surface area contributed by atoms with Crippen LogP contribution in [0.3, 0.4) is 0 Å². The zero-order chi connectivity index (χ0) is 23.1. The molecule has 0 bridgehead atoms. The van der Waals surface area contributed by atoms with Gasteiger partial charge in [0.1, 0.15) is 11.4 Å². The molecule has 5 heteroatoms. The summed E-state index contributed by atoms with van der Waals surface area (Å²) in [5.74, 6) is 0.187. The van der Waals surface area contributed by atoms with E-state index in [9.17, 15) is 9.59 Å². The van der Waals surface area contributed by atoms with Gasteiger partial charge >= 0.3 is 5.97 Å². The maximum Gasteiger partial charge on any atom is 0.344 e. The van der Waals surface area contributed by atoms with Crippen LogP contribution in [0.1, 0.15) is 48.0 Å². The Morgan fingerprint density at radius 1 is 1.00 bits per heavy atom. The highest BCUT2D eigenvalue weighted by atomic mass is 16.6. The number of allylic oxidation sites excluding steroid dienone is 1. The summed E-state index contributed by atoms with van der Waals surface area (Å²) in [6.07, 6.45) is 5.84. The molecule has 0 atom stereocenters. The number of ether oxygens (including phenoxy) is 2. The number of aryl methyl sites for hydroxylation is 1. The molecule has 0 spiro atoms. The van der Waals surface area contributed by atoms with E-state index in [0.717, 1.165) is 11.1 Å². The molecule has 0 amide bonds. The number of rotatable bonds is 8. The SMILES string of the molecule is Cc1ccc(C(=O)c2cccn2C/C=C/c2cccc(OCC(=O)OC(C)(C)C)c2)cc1. The highest BCUT2D eigenvalue weighted by Crippen LogP contribution is 2.16. The monoisotopic (exact) mass is 431 g/mol. The average Bonchev–Trinajstić information content (AvgIpc) is 3.20. The molecule has 2 aromatic carbocycles. The van der Waals surface area contributed by atoms with Crippen LogP contribution in [-0.4, -0.2) is 28.5 Å². The van der Waals surface area contributed by atoms with E-state index in [1.807, 2.05) is 105 Å². The molecule has 0 saturated heterocycles. The van der Waals surface area contributed by atoms with E-state index in [4.69, 9.17) is 9.47 Å². The number of hydrogen-bond acceptors (Lipinski definition) is 4. The van der Waals surface area contributed by atoms with Crippen molar-refractivity contribution in [1.82, 2.24) is 4.57 Å². The van der Waals surface area contributed by atoms with Gasteiger partial charge in [-0.3, -0.25) is 4.79 Å². The van der Waals surface area contributed by atoms with Gasteiger partial charge in [-0.25, -0.2) is 4.79 Å². The van der Waals surface area contributed by atoms with Crippen LogP contribution in [-0.2, 0) is 16.1 Å². The van der Waals surface area contributed by atoms with Crippen molar-refractivity contribution in [2.75, 3.05) is 6.61 Å². The van der Waals surface area contributed by atoms with Crippen molar-refractivity contribution in [2.24, 2.45) is 0 Å². The first-order valence-corrected chi connectivity index (χ1v) is 10.6. The molecule has 0 radical (unpaired) electrons. The van der Waals surface area contributed by atoms with E-state index in [1.54, 1.807) is 6.07 Å². The molecular weight excluding hydrogens is 402 g/mol. The maximum atomic E-state index is 12.8. The Labute approximate surface area is 189 Å². The number of carbonyl (C=O) groups is 2. The Hall–Kier alpha value is -3.60. The largest absolute Gasteiger partial charge is 0.482 e. The number of esters is 1. The number of ketones is 1. The van der Waals surface area contributed by atoms with Crippen LogP contribution in [0, 0.1) is 6.92 Å². The fourth-order valence-electron chi connectivity index (χ4n) is 3.16. The van der Waals surface area contributed by atoms with Gasteiger partial charge in [-0.1, -0.05) is 54.1 Å². The minimum atomic E-state index is -0.539. The molecule has 0 unspecified atom stereocenters. The molecule has 3 rings (SSSR count). The summed E-state index contributed by atoms with van der Waals surface area (Å²) in [6.45, 7) is 7.88. The van der Waals surface area contributed by atoms with Crippen molar-refractivity contribution in [1.29, 1.82) is 0 Å². The zero-order valence-electron chi connectivity index (χ0n) is 19.0. The second kappa shape index (κ2) is 10.1. The third-order valence-electron chi connectivity index (χ3n) is 4.62. The molecule has 5 nitrogen and oxygen atoms in total. The fourth-order valence-corrected chi connectivity index (χ4v) is 3.16. The van der Waals surface area contributed by atoms with E-state index in [0.29, 0.717) is 23.6 Å². The predicted molar refractivity (Wildman–Crippen MR) is 126 cm³/mol. The minimum Gasteiger partial charge on any atom is -0.482 e. The van der Waals surface area contributed by atoms with Crippen molar-refractivity contribution >= 4 is 17.8 Å². The number of hydrogen-bond donors (Lipinski definition) is 0. The molecule has 32 heavy (non-hydrogen) atoms. The Bertz CT molecular complexity index is 1100. The van der Waals surface area contributed by atoms with Gasteiger partial charge in [0.2, 0.25) is 5.78 Å². The minimum absolute atomic E-state index is 0.000871. The van der Waals surface area contributed by atoms with Gasteiger partial charge in [-0.15, -0.1) is 0 Å². The summed E-state index contributed by atoms with van der Waals surface area (Å²) in [4.78, 5) is 24.7. The lowest BCUT2D eigenvalue weighted by atomic mass is 10.1. The van der Waals surface area contributed by atoms with Gasteiger partial charge in [0.25, 0.3) is 0 Å². The highest BCUT2D eigenvalue weighted by Gasteiger charge is 2.16. The molecule has 0 saturated carbocycles. The van der Waals surface area contributed by atoms with Crippen LogP contribution in [0.15, 0.2) is 72.9 Å². The molecule has 1 heterocycles. The average molecular weight is 432 g/mol. The van der Waals surface area contributed by atoms with Gasteiger partial charge in [-0.2, -0.15) is 0 Å². The molecule has 0 N–H and O–H groups in total. The molecule has 166 valence electrons. The fraction of sp³-hybridized carbons (Fsp3) is 0.259. The second-order valence-electron chi connectivity index (χ2n) is 8.59. The van der Waals surface area contributed by atoms with Crippen LogP contribution in [0.25, 0.3) is 6.08 Å². The summed E-state index contributed by atoms with van der Waals surface area (Å²) >= 11 is 0. The van der Waals surface area contributed by atoms with E-state index in [1.165, 1.54) is 0 Å². The molecule has 0 aliphatic rings. The van der Waals surface area contributed by atoms with Gasteiger partial charge in [-0.05, 0) is 57.5 Å². The van der Waals surface area contributed by atoms with Crippen molar-refractivity contribution in [2.45, 2.75) is 39.8 Å². The Morgan fingerprint density at radius 2 is 1.75 bits per heavy atom. The first kappa shape index (κ1) is 23.1. The summed E-state index contributed by atoms with van der Waals surface area (Å²) < 4.78 is 12.7. The third kappa shape index (κ3) is 6.71. The third-order valence-corrected chi connectivity index (χ3v) is 4.62. The van der Waals surface area contributed by atoms with Crippen LogP contribution >= 0.6 is 0 Å². The molecular formula is C27H29NO4. The van der Waals surface area contributed by atoms with Crippen LogP contribution in [0.5, 0.6) is 5.75 Å². The van der Waals surface area contributed by atoms with Gasteiger partial charge < -0.3 is 14.0 Å². The first-order chi connectivity index (χ1) is 15.2. The van der Waals surface area contributed by atoms with E-state index >= 15 is 0 Å². The standard InChI is InChI=1S/C27H29NO4/c1-20-12-14-22(15-13-20)26(30)24-11-7-17-28(24)16-6-9-21-8-5-10-23(18-21)31-19-25(29)32-27(2,3)4/h5-15,17-18H,16,19H2,1-4H3/b9-6+. The van der Waals surface area contributed by atoms with Gasteiger partial charge in [0, 0.05) is 18.3 Å². The summed E-state index contributed by atoms with van der Waals surface area (Å²) in [5, 5.41) is 0. The topological polar surface area (TPSA) is 57.5 Å². The highest BCUT2D eigenvalue weighted by molar-refractivity contribution is 6.08. The van der Waals surface area contributed by atoms with Crippen LogP contribution < -0.4 is 4.74 Å². The van der Waals surface area contributed by atoms with E-state index in [2.05, 4.69) is 0 Å². The van der Waals surface area contributed by atoms with E-state index in [-0.39, 0.29) is 12.4 Å². The summed E-state index contributed by atoms with van der Waals surface area (Å²) in [5.41, 5.74) is 2.84. The smallest absolute Gasteiger partial charge is 0.344 e. The predicted octanol–water partition coefficient (Wildman–Crippen LogP) is 5.46. The van der Waals surface area contributed by atoms with Gasteiger partial charge in [0.05, 0.1) is 5.69 Å². The molecule has 0 aliphatic heterocycles. The van der Waals surface area contributed by atoms with E-state index < -0.39 is 11.6 Å². The number of carbonyl (C=O) groups excluding carboxylic acids is 2. The second-order valence-corrected chi connectivity index (χ2v) is 8.59. The number of nitrogens with zero attached hydrogens (tertiary/aromatic N) is 1. The maximum absolute atomic E-state index is 12.8. The number of benzene rings is 2. The lowest BCUT2D eigenvalue weighted by Gasteiger charge is -2.19. The Balaban J connectivity index is 1.61. The molecule has 0 fully saturated rings. The summed E-state index contributed by atoms with van der Waals surface area (Å²) in [7, 11) is 0. The van der Waals surface area contributed by atoms with Crippen LogP contribution in [0.2, 0.25) is 0 Å². The lowest BCUT2D eigenvalue weighted by molar-refractivity contribution is -0.157. The van der Waals surface area contributed by atoms with Gasteiger partial charge in [0.15, 0.2) is 6.61 Å². The Morgan fingerprint density at radius 3 is 2.47 bits per heavy atom. The molecule has 0 aliphatic carbocycles. The van der Waals surface area contributed by atoms with Crippen LogP contribution in [0.4, 0.5) is 0 Å². The molecule has 1 aromatic heterocycles. The van der Waals surface area contributed by atoms with Crippen molar-refractivity contribution in [3.05, 3.63) is 95.3 Å². The number of aromatic nitrogens is 1. The first-order valence-electron chi connectivity index (χ1n) is 10.6.